The number of aliphatic hydroxyl groups is 3. The van der Waals surface area contributed by atoms with Crippen LogP contribution in [-0.2, 0) is 20.7 Å². The Bertz CT molecular complexity index is 932. The van der Waals surface area contributed by atoms with Crippen LogP contribution in [0.4, 0.5) is 0 Å². The molecule has 9 nitrogen and oxygen atoms in total. The summed E-state index contributed by atoms with van der Waals surface area (Å²) in [6, 6.07) is 11.8. The van der Waals surface area contributed by atoms with Gasteiger partial charge in [0.1, 0.15) is 37.2 Å². The van der Waals surface area contributed by atoms with Crippen molar-refractivity contribution in [2.75, 3.05) is 19.8 Å². The fourth-order valence-corrected chi connectivity index (χ4v) is 2.94. The summed E-state index contributed by atoms with van der Waals surface area (Å²) < 4.78 is 10.4. The van der Waals surface area contributed by atoms with E-state index in [-0.39, 0.29) is 19.6 Å². The minimum atomic E-state index is -1.75. The van der Waals surface area contributed by atoms with Gasteiger partial charge in [0.05, 0.1) is 6.61 Å². The maximum absolute atomic E-state index is 12.5. The van der Waals surface area contributed by atoms with Gasteiger partial charge in [0.15, 0.2) is 5.78 Å². The van der Waals surface area contributed by atoms with E-state index in [9.17, 15) is 24.6 Å². The molecule has 0 saturated carbocycles. The number of ketones is 1. The van der Waals surface area contributed by atoms with Crippen molar-refractivity contribution >= 4 is 29.3 Å². The molecule has 1 amide bonds. The highest BCUT2D eigenvalue weighted by atomic mass is 35.5. The minimum absolute atomic E-state index is 0.158. The number of rotatable bonds is 12. The summed E-state index contributed by atoms with van der Waals surface area (Å²) in [7, 11) is 0. The SMILES string of the molecule is CCOC(=O)[C@H](Cc1ccc(OC[C@@H](O)[C@H](O)C(=O)CO)cc1)NC(=O)c1ccc(Cl)cc1. The zero-order chi connectivity index (χ0) is 24.4. The van der Waals surface area contributed by atoms with Crippen molar-refractivity contribution in [3.05, 3.63) is 64.7 Å². The maximum atomic E-state index is 12.5. The average Bonchev–Trinajstić information content (AvgIpc) is 2.82. The van der Waals surface area contributed by atoms with Crippen LogP contribution in [0.15, 0.2) is 48.5 Å². The molecular weight excluding hydrogens is 454 g/mol. The quantitative estimate of drug-likeness (QED) is 0.329. The van der Waals surface area contributed by atoms with Crippen molar-refractivity contribution in [2.24, 2.45) is 0 Å². The minimum Gasteiger partial charge on any atom is -0.491 e. The predicted molar refractivity (Wildman–Crippen MR) is 119 cm³/mol. The number of benzene rings is 2. The van der Waals surface area contributed by atoms with Crippen molar-refractivity contribution in [1.82, 2.24) is 5.32 Å². The molecule has 4 N–H and O–H groups in total. The fraction of sp³-hybridized carbons (Fsp3) is 0.348. The van der Waals surface area contributed by atoms with E-state index in [2.05, 4.69) is 5.32 Å². The van der Waals surface area contributed by atoms with Crippen molar-refractivity contribution in [3.63, 3.8) is 0 Å². The lowest BCUT2D eigenvalue weighted by molar-refractivity contribution is -0.145. The lowest BCUT2D eigenvalue weighted by atomic mass is 10.0. The Morgan fingerprint density at radius 3 is 2.24 bits per heavy atom. The molecule has 0 radical (unpaired) electrons. The summed E-state index contributed by atoms with van der Waals surface area (Å²) in [6.07, 6.45) is -3.09. The Hall–Kier alpha value is -2.98. The summed E-state index contributed by atoms with van der Waals surface area (Å²) in [5.74, 6) is -1.59. The van der Waals surface area contributed by atoms with E-state index in [1.807, 2.05) is 0 Å². The molecule has 0 fully saturated rings. The van der Waals surface area contributed by atoms with Crippen molar-refractivity contribution in [3.8, 4) is 5.75 Å². The van der Waals surface area contributed by atoms with E-state index in [0.717, 1.165) is 0 Å². The average molecular weight is 480 g/mol. The molecule has 2 rings (SSSR count). The predicted octanol–water partition coefficient (Wildman–Crippen LogP) is 0.906. The van der Waals surface area contributed by atoms with Crippen LogP contribution >= 0.6 is 11.6 Å². The van der Waals surface area contributed by atoms with E-state index >= 15 is 0 Å². The molecule has 0 aromatic heterocycles. The van der Waals surface area contributed by atoms with Crippen molar-refractivity contribution < 1.29 is 39.2 Å². The Kier molecular flexibility index (Phi) is 10.3. The van der Waals surface area contributed by atoms with Gasteiger partial charge < -0.3 is 30.1 Å². The van der Waals surface area contributed by atoms with Gasteiger partial charge >= 0.3 is 5.97 Å². The highest BCUT2D eigenvalue weighted by Gasteiger charge is 2.25. The standard InChI is InChI=1S/C23H26ClNO8/c1-2-32-23(31)18(25-22(30)15-5-7-16(24)8-6-15)11-14-3-9-17(10-4-14)33-13-20(28)21(29)19(27)12-26/h3-10,18,20-21,26,28-29H,2,11-13H2,1H3,(H,25,30)/t18-,20+,21+/m0/s1. The van der Waals surface area contributed by atoms with Gasteiger partial charge in [-0.2, -0.15) is 0 Å². The summed E-state index contributed by atoms with van der Waals surface area (Å²) in [5, 5.41) is 31.2. The zero-order valence-electron chi connectivity index (χ0n) is 17.9. The van der Waals surface area contributed by atoms with Gasteiger partial charge in [0.2, 0.25) is 0 Å². The summed E-state index contributed by atoms with van der Waals surface area (Å²) in [6.45, 7) is 0.575. The number of Topliss-reactive ketones (excluding diaryl/α,β-unsaturated/α-hetero) is 1. The molecule has 10 heteroatoms. The largest absolute Gasteiger partial charge is 0.491 e. The highest BCUT2D eigenvalue weighted by Crippen LogP contribution is 2.16. The van der Waals surface area contributed by atoms with E-state index in [1.54, 1.807) is 55.5 Å². The maximum Gasteiger partial charge on any atom is 0.328 e. The molecule has 2 aromatic rings. The van der Waals surface area contributed by atoms with Crippen molar-refractivity contribution in [2.45, 2.75) is 31.6 Å². The highest BCUT2D eigenvalue weighted by molar-refractivity contribution is 6.30. The van der Waals surface area contributed by atoms with Crippen LogP contribution < -0.4 is 10.1 Å². The number of esters is 1. The molecule has 0 unspecified atom stereocenters. The Morgan fingerprint density at radius 2 is 1.67 bits per heavy atom. The zero-order valence-corrected chi connectivity index (χ0v) is 18.7. The third-order valence-electron chi connectivity index (χ3n) is 4.62. The second-order valence-corrected chi connectivity index (χ2v) is 7.52. The molecule has 0 aliphatic carbocycles. The first-order valence-electron chi connectivity index (χ1n) is 10.2. The number of halogens is 1. The normalized spacial score (nSPS) is 13.5. The monoisotopic (exact) mass is 479 g/mol. The summed E-state index contributed by atoms with van der Waals surface area (Å²) in [4.78, 5) is 36.1. The smallest absolute Gasteiger partial charge is 0.328 e. The number of nitrogens with one attached hydrogen (secondary N) is 1. The van der Waals surface area contributed by atoms with Gasteiger partial charge in [-0.05, 0) is 48.9 Å². The van der Waals surface area contributed by atoms with Crippen LogP contribution in [0.25, 0.3) is 0 Å². The van der Waals surface area contributed by atoms with Crippen LogP contribution in [-0.4, -0.2) is 71.0 Å². The molecule has 33 heavy (non-hydrogen) atoms. The first-order chi connectivity index (χ1) is 15.7. The molecule has 0 saturated heterocycles. The molecule has 2 aromatic carbocycles. The topological polar surface area (TPSA) is 142 Å². The van der Waals surface area contributed by atoms with Crippen LogP contribution in [0.1, 0.15) is 22.8 Å². The number of carbonyl (C=O) groups excluding carboxylic acids is 3. The van der Waals surface area contributed by atoms with Gasteiger partial charge in [-0.25, -0.2) is 4.79 Å². The van der Waals surface area contributed by atoms with Crippen LogP contribution in [0.5, 0.6) is 5.75 Å². The Balaban J connectivity index is 2.01. The van der Waals surface area contributed by atoms with Gasteiger partial charge in [0, 0.05) is 17.0 Å². The van der Waals surface area contributed by atoms with Gasteiger partial charge in [-0.3, -0.25) is 9.59 Å². The Labute approximate surface area is 195 Å². The molecule has 3 atom stereocenters. The second-order valence-electron chi connectivity index (χ2n) is 7.08. The fourth-order valence-electron chi connectivity index (χ4n) is 2.82. The van der Waals surface area contributed by atoms with E-state index in [4.69, 9.17) is 26.2 Å². The van der Waals surface area contributed by atoms with E-state index in [1.165, 1.54) is 0 Å². The molecule has 0 aliphatic rings. The number of carbonyl (C=O) groups is 3. The third kappa shape index (κ3) is 8.14. The lowest BCUT2D eigenvalue weighted by Crippen LogP contribution is -2.43. The van der Waals surface area contributed by atoms with Gasteiger partial charge in [-0.1, -0.05) is 23.7 Å². The van der Waals surface area contributed by atoms with Crippen LogP contribution in [0.3, 0.4) is 0 Å². The number of aliphatic hydroxyl groups excluding tert-OH is 3. The van der Waals surface area contributed by atoms with Crippen LogP contribution in [0, 0.1) is 0 Å². The van der Waals surface area contributed by atoms with Gasteiger partial charge in [0.25, 0.3) is 5.91 Å². The van der Waals surface area contributed by atoms with Crippen LogP contribution in [0.2, 0.25) is 5.02 Å². The van der Waals surface area contributed by atoms with Crippen molar-refractivity contribution in [1.29, 1.82) is 0 Å². The van der Waals surface area contributed by atoms with E-state index < -0.39 is 42.5 Å². The number of hydrogen-bond donors (Lipinski definition) is 4. The summed E-state index contributed by atoms with van der Waals surface area (Å²) >= 11 is 5.84. The molecule has 0 bridgehead atoms. The van der Waals surface area contributed by atoms with E-state index in [0.29, 0.717) is 21.9 Å². The lowest BCUT2D eigenvalue weighted by Gasteiger charge is -2.18. The molecule has 0 aliphatic heterocycles. The molecule has 0 spiro atoms. The number of hydrogen-bond acceptors (Lipinski definition) is 8. The van der Waals surface area contributed by atoms with Gasteiger partial charge in [-0.15, -0.1) is 0 Å². The molecule has 0 heterocycles. The third-order valence-corrected chi connectivity index (χ3v) is 4.87. The first kappa shape index (κ1) is 26.3. The number of ether oxygens (including phenoxy) is 2. The molecular formula is C23H26ClNO8. The second kappa shape index (κ2) is 12.9. The molecule has 178 valence electrons. The number of amides is 1. The summed E-state index contributed by atoms with van der Waals surface area (Å²) in [5.41, 5.74) is 1.05. The first-order valence-corrected chi connectivity index (χ1v) is 10.6. The Morgan fingerprint density at radius 1 is 1.03 bits per heavy atom.